The molecule has 0 bridgehead atoms. The van der Waals surface area contributed by atoms with Crippen LogP contribution in [0.25, 0.3) is 0 Å². The lowest BCUT2D eigenvalue weighted by Gasteiger charge is -2.33. The molecule has 1 saturated heterocycles. The predicted octanol–water partition coefficient (Wildman–Crippen LogP) is 2.65. The second-order valence-corrected chi connectivity index (χ2v) is 7.50. The van der Waals surface area contributed by atoms with Crippen LogP contribution in [0.15, 0.2) is 61.7 Å². The molecule has 2 aromatic heterocycles. The number of hydrogen-bond donors (Lipinski definition) is 3. The van der Waals surface area contributed by atoms with Crippen molar-refractivity contribution in [3.8, 4) is 11.8 Å². The molecule has 10 heteroatoms. The van der Waals surface area contributed by atoms with Gasteiger partial charge in [-0.3, -0.25) is 10.2 Å². The van der Waals surface area contributed by atoms with E-state index in [2.05, 4.69) is 31.8 Å². The summed E-state index contributed by atoms with van der Waals surface area (Å²) in [6.45, 7) is 4.76. The van der Waals surface area contributed by atoms with E-state index in [0.717, 1.165) is 12.8 Å². The lowest BCUT2D eigenvalue weighted by molar-refractivity contribution is -0.127. The van der Waals surface area contributed by atoms with E-state index in [-0.39, 0.29) is 29.5 Å². The first kappa shape index (κ1) is 21.9. The number of nitrogens with one attached hydrogen (secondary N) is 2. The molecule has 0 radical (unpaired) electrons. The van der Waals surface area contributed by atoms with Crippen molar-refractivity contribution in [1.29, 1.82) is 5.41 Å². The maximum absolute atomic E-state index is 12.0. The first-order chi connectivity index (χ1) is 16.0. The molecule has 1 aliphatic heterocycles. The number of carbonyl (C=O) groups is 1. The van der Waals surface area contributed by atoms with Gasteiger partial charge in [0.25, 0.3) is 0 Å². The van der Waals surface area contributed by atoms with Crippen LogP contribution in [0.3, 0.4) is 0 Å². The molecule has 3 aromatic rings. The zero-order valence-electron chi connectivity index (χ0n) is 17.9. The molecule has 10 nitrogen and oxygen atoms in total. The Morgan fingerprint density at radius 2 is 1.97 bits per heavy atom. The molecule has 1 aromatic carbocycles. The third-order valence-corrected chi connectivity index (χ3v) is 5.24. The van der Waals surface area contributed by atoms with Crippen LogP contribution in [0.1, 0.15) is 24.0 Å². The Balaban J connectivity index is 1.52. The topological polar surface area (TPSA) is 143 Å². The van der Waals surface area contributed by atoms with Gasteiger partial charge in [-0.1, -0.05) is 24.8 Å². The fraction of sp³-hybridized carbons (Fsp3) is 0.217. The van der Waals surface area contributed by atoms with E-state index >= 15 is 0 Å². The molecule has 1 amide bonds. The number of hydrogen-bond acceptors (Lipinski definition) is 9. The zero-order chi connectivity index (χ0) is 23.2. The van der Waals surface area contributed by atoms with Gasteiger partial charge in [0.2, 0.25) is 5.91 Å². The van der Waals surface area contributed by atoms with Crippen LogP contribution in [-0.4, -0.2) is 55.6 Å². The van der Waals surface area contributed by atoms with Crippen LogP contribution >= 0.6 is 0 Å². The van der Waals surface area contributed by atoms with Gasteiger partial charge >= 0.3 is 6.01 Å². The van der Waals surface area contributed by atoms with E-state index in [1.165, 1.54) is 24.8 Å². The third-order valence-electron chi connectivity index (χ3n) is 5.24. The SMILES string of the molecule is C=CC(=O)N1CCC[C@@H](Nc2ncnc(N)c2C(=N)c2cnc(Oc3ccccc3)nc2)C1. The smallest absolute Gasteiger partial charge is 0.321 e. The van der Waals surface area contributed by atoms with Crippen LogP contribution < -0.4 is 15.8 Å². The minimum Gasteiger partial charge on any atom is -0.424 e. The highest BCUT2D eigenvalue weighted by atomic mass is 16.5. The lowest BCUT2D eigenvalue weighted by Crippen LogP contribution is -2.44. The maximum Gasteiger partial charge on any atom is 0.321 e. The van der Waals surface area contributed by atoms with Gasteiger partial charge in [0.05, 0.1) is 11.3 Å². The molecule has 1 atom stereocenters. The van der Waals surface area contributed by atoms with Gasteiger partial charge in [-0.2, -0.15) is 0 Å². The number of piperidine rings is 1. The normalized spacial score (nSPS) is 15.5. The summed E-state index contributed by atoms with van der Waals surface area (Å²) in [7, 11) is 0. The Labute approximate surface area is 191 Å². The number of nitrogens with zero attached hydrogens (tertiary/aromatic N) is 5. The van der Waals surface area contributed by atoms with Gasteiger partial charge in [-0.05, 0) is 31.1 Å². The lowest BCUT2D eigenvalue weighted by atomic mass is 10.0. The van der Waals surface area contributed by atoms with E-state index in [4.69, 9.17) is 15.9 Å². The zero-order valence-corrected chi connectivity index (χ0v) is 17.9. The fourth-order valence-corrected chi connectivity index (χ4v) is 3.61. The summed E-state index contributed by atoms with van der Waals surface area (Å²) in [5.74, 6) is 1.10. The van der Waals surface area contributed by atoms with Crippen molar-refractivity contribution in [2.24, 2.45) is 0 Å². The Morgan fingerprint density at radius 3 is 2.70 bits per heavy atom. The number of rotatable bonds is 7. The summed E-state index contributed by atoms with van der Waals surface area (Å²) in [6.07, 6.45) is 7.35. The molecular weight excluding hydrogens is 420 g/mol. The molecule has 4 rings (SSSR count). The maximum atomic E-state index is 12.0. The predicted molar refractivity (Wildman–Crippen MR) is 124 cm³/mol. The number of aromatic nitrogens is 4. The Morgan fingerprint density at radius 1 is 1.21 bits per heavy atom. The van der Waals surface area contributed by atoms with Gasteiger partial charge < -0.3 is 20.7 Å². The van der Waals surface area contributed by atoms with Crippen LogP contribution in [0.2, 0.25) is 0 Å². The van der Waals surface area contributed by atoms with Crippen molar-refractivity contribution >= 4 is 23.3 Å². The highest BCUT2D eigenvalue weighted by molar-refractivity contribution is 6.15. The van der Waals surface area contributed by atoms with Gasteiger partial charge in [-0.25, -0.2) is 19.9 Å². The summed E-state index contributed by atoms with van der Waals surface area (Å²) in [5.41, 5.74) is 6.99. The molecule has 0 aliphatic carbocycles. The van der Waals surface area contributed by atoms with Crippen molar-refractivity contribution in [1.82, 2.24) is 24.8 Å². The van der Waals surface area contributed by atoms with E-state index in [1.54, 1.807) is 17.0 Å². The monoisotopic (exact) mass is 444 g/mol. The second kappa shape index (κ2) is 9.86. The van der Waals surface area contributed by atoms with Crippen molar-refractivity contribution in [3.05, 3.63) is 72.8 Å². The molecule has 3 heterocycles. The van der Waals surface area contributed by atoms with Gasteiger partial charge in [0.15, 0.2) is 0 Å². The Kier molecular flexibility index (Phi) is 6.53. The fourth-order valence-electron chi connectivity index (χ4n) is 3.61. The van der Waals surface area contributed by atoms with Crippen molar-refractivity contribution < 1.29 is 9.53 Å². The van der Waals surface area contributed by atoms with E-state index in [1.807, 2.05) is 18.2 Å². The van der Waals surface area contributed by atoms with Gasteiger partial charge in [0, 0.05) is 37.1 Å². The molecule has 4 N–H and O–H groups in total. The molecule has 0 spiro atoms. The number of anilines is 2. The number of amides is 1. The standard InChI is InChI=1S/C23H24N8O2/c1-2-18(32)31-10-6-7-16(13-31)30-22-19(21(25)28-14-29-22)20(24)15-11-26-23(27-12-15)33-17-8-4-3-5-9-17/h2-5,8-9,11-12,14,16,24H,1,6-7,10,13H2,(H3,25,28,29,30)/t16-/m1/s1. The molecule has 1 fully saturated rings. The third kappa shape index (κ3) is 5.12. The average molecular weight is 444 g/mol. The Bertz CT molecular complexity index is 1150. The van der Waals surface area contributed by atoms with Crippen molar-refractivity contribution in [2.75, 3.05) is 24.1 Å². The first-order valence-corrected chi connectivity index (χ1v) is 10.5. The van der Waals surface area contributed by atoms with Crippen LogP contribution in [0.5, 0.6) is 11.8 Å². The quantitative estimate of drug-likeness (QED) is 0.373. The van der Waals surface area contributed by atoms with Crippen LogP contribution in [0.4, 0.5) is 11.6 Å². The van der Waals surface area contributed by atoms with E-state index < -0.39 is 0 Å². The van der Waals surface area contributed by atoms with Crippen LogP contribution in [0, 0.1) is 5.41 Å². The second-order valence-electron chi connectivity index (χ2n) is 7.50. The van der Waals surface area contributed by atoms with E-state index in [9.17, 15) is 4.79 Å². The molecule has 33 heavy (non-hydrogen) atoms. The molecule has 1 aliphatic rings. The molecule has 0 unspecified atom stereocenters. The Hall–Kier alpha value is -4.34. The molecule has 168 valence electrons. The number of benzene rings is 1. The average Bonchev–Trinajstić information content (AvgIpc) is 2.84. The largest absolute Gasteiger partial charge is 0.424 e. The number of nitrogen functional groups attached to an aromatic ring is 1. The number of para-hydroxylation sites is 1. The van der Waals surface area contributed by atoms with Crippen molar-refractivity contribution in [2.45, 2.75) is 18.9 Å². The number of carbonyl (C=O) groups excluding carboxylic acids is 1. The molecular formula is C23H24N8O2. The number of likely N-dealkylation sites (tertiary alicyclic amines) is 1. The summed E-state index contributed by atoms with van der Waals surface area (Å²) in [6, 6.07) is 9.32. The minimum atomic E-state index is -0.105. The minimum absolute atomic E-state index is 0.0404. The first-order valence-electron chi connectivity index (χ1n) is 10.5. The number of nitrogens with two attached hydrogens (primary N) is 1. The van der Waals surface area contributed by atoms with E-state index in [0.29, 0.717) is 35.8 Å². The summed E-state index contributed by atoms with van der Waals surface area (Å²) in [4.78, 5) is 30.5. The highest BCUT2D eigenvalue weighted by Crippen LogP contribution is 2.24. The number of ether oxygens (including phenoxy) is 1. The van der Waals surface area contributed by atoms with Gasteiger partial charge in [-0.15, -0.1) is 0 Å². The molecule has 0 saturated carbocycles. The van der Waals surface area contributed by atoms with Crippen molar-refractivity contribution in [3.63, 3.8) is 0 Å². The summed E-state index contributed by atoms with van der Waals surface area (Å²) in [5, 5.41) is 12.0. The van der Waals surface area contributed by atoms with Crippen LogP contribution in [-0.2, 0) is 4.79 Å². The summed E-state index contributed by atoms with van der Waals surface area (Å²) >= 11 is 0. The highest BCUT2D eigenvalue weighted by Gasteiger charge is 2.25. The summed E-state index contributed by atoms with van der Waals surface area (Å²) < 4.78 is 5.61. The van der Waals surface area contributed by atoms with Gasteiger partial charge in [0.1, 0.15) is 23.7 Å².